The number of likely N-dealkylation sites (tertiary alicyclic amines) is 2. The molecule has 0 spiro atoms. The number of aromatic hydroxyl groups is 1. The molecule has 3 aromatic rings. The molecule has 6 heterocycles. The molecule has 13 heteroatoms. The number of hydrogen-bond donors (Lipinski definition) is 3. The highest BCUT2D eigenvalue weighted by atomic mass is 16.5. The second-order valence-electron chi connectivity index (χ2n) is 11.9. The van der Waals surface area contributed by atoms with Crippen molar-refractivity contribution in [1.82, 2.24) is 30.1 Å². The van der Waals surface area contributed by atoms with Crippen LogP contribution in [0.1, 0.15) is 18.6 Å². The number of piperazine rings is 1. The molecule has 4 aliphatic rings. The third-order valence-electron chi connectivity index (χ3n) is 9.08. The van der Waals surface area contributed by atoms with E-state index in [4.69, 9.17) is 9.26 Å². The molecule has 3 saturated heterocycles. The standard InChI is InChI=1S/C30H38N8O5/c39-22-6-8-37(19-22)29(41)14-23-13-28(34-43-23)42-12-11-35-7-5-20(17-35)36-9-10-38-21(18-36)16-31-30-26(38)15-25(32-33-30)24-3-1-2-4-27(24)40/h1-4,13,15,20-22,39-40H,5-12,14,16-19H2,(H,31,33). The van der Waals surface area contributed by atoms with E-state index in [1.807, 2.05) is 18.2 Å². The fourth-order valence-electron chi connectivity index (χ4n) is 6.73. The van der Waals surface area contributed by atoms with Crippen LogP contribution in [0.15, 0.2) is 40.9 Å². The summed E-state index contributed by atoms with van der Waals surface area (Å²) in [5.74, 6) is 1.81. The van der Waals surface area contributed by atoms with Crippen LogP contribution in [-0.4, -0.2) is 130 Å². The number of nitrogens with one attached hydrogen (secondary N) is 1. The Morgan fingerprint density at radius 3 is 2.81 bits per heavy atom. The summed E-state index contributed by atoms with van der Waals surface area (Å²) in [6.45, 7) is 7.99. The molecular formula is C30H38N8O5. The van der Waals surface area contributed by atoms with Crippen molar-refractivity contribution in [3.8, 4) is 22.9 Å². The van der Waals surface area contributed by atoms with Gasteiger partial charge in [0.1, 0.15) is 18.1 Å². The summed E-state index contributed by atoms with van der Waals surface area (Å²) in [6.07, 6.45) is 1.43. The van der Waals surface area contributed by atoms with Gasteiger partial charge in [0.25, 0.3) is 5.88 Å². The van der Waals surface area contributed by atoms with E-state index in [9.17, 15) is 15.0 Å². The van der Waals surface area contributed by atoms with Gasteiger partial charge in [0, 0.05) is 70.0 Å². The van der Waals surface area contributed by atoms with Crippen LogP contribution < -0.4 is 15.0 Å². The number of amides is 1. The minimum absolute atomic E-state index is 0.0673. The molecule has 228 valence electrons. The monoisotopic (exact) mass is 590 g/mol. The predicted octanol–water partition coefficient (Wildman–Crippen LogP) is 1.04. The Morgan fingerprint density at radius 1 is 1.05 bits per heavy atom. The molecule has 13 nitrogen and oxygen atoms in total. The number of β-amino-alcohol motifs (C(OH)–C–C–N with tert-alkyl or cyclic N) is 1. The topological polar surface area (TPSA) is 144 Å². The van der Waals surface area contributed by atoms with Crippen molar-refractivity contribution < 1.29 is 24.3 Å². The van der Waals surface area contributed by atoms with Crippen LogP contribution in [0.3, 0.4) is 0 Å². The fourth-order valence-corrected chi connectivity index (χ4v) is 6.73. The maximum absolute atomic E-state index is 12.4. The van der Waals surface area contributed by atoms with Gasteiger partial charge in [-0.15, -0.1) is 10.2 Å². The average molecular weight is 591 g/mol. The van der Waals surface area contributed by atoms with Crippen molar-refractivity contribution in [2.75, 3.05) is 75.7 Å². The smallest absolute Gasteiger partial charge is 0.254 e. The number of phenols is 1. The van der Waals surface area contributed by atoms with E-state index in [1.54, 1.807) is 23.1 Å². The summed E-state index contributed by atoms with van der Waals surface area (Å²) in [6, 6.07) is 11.8. The molecule has 0 bridgehead atoms. The van der Waals surface area contributed by atoms with Crippen molar-refractivity contribution >= 4 is 17.4 Å². The number of benzene rings is 1. The zero-order valence-corrected chi connectivity index (χ0v) is 24.1. The number of nitrogens with zero attached hydrogens (tertiary/aromatic N) is 7. The van der Waals surface area contributed by atoms with Gasteiger partial charge in [0.2, 0.25) is 5.91 Å². The number of ether oxygens (including phenoxy) is 1. The Kier molecular flexibility index (Phi) is 7.76. The molecule has 3 unspecified atom stereocenters. The summed E-state index contributed by atoms with van der Waals surface area (Å²) in [5.41, 5.74) is 2.41. The zero-order valence-electron chi connectivity index (χ0n) is 24.1. The minimum atomic E-state index is -0.435. The quantitative estimate of drug-likeness (QED) is 0.345. The lowest BCUT2D eigenvalue weighted by Crippen LogP contribution is -2.60. The van der Waals surface area contributed by atoms with E-state index in [2.05, 4.69) is 35.4 Å². The number of fused-ring (bicyclic) bond motifs is 3. The highest BCUT2D eigenvalue weighted by Crippen LogP contribution is 2.36. The van der Waals surface area contributed by atoms with Gasteiger partial charge in [-0.25, -0.2) is 0 Å². The van der Waals surface area contributed by atoms with E-state index in [0.29, 0.717) is 61.1 Å². The molecule has 4 aliphatic heterocycles. The van der Waals surface area contributed by atoms with Crippen molar-refractivity contribution in [2.24, 2.45) is 0 Å². The Bertz CT molecular complexity index is 1450. The average Bonchev–Trinajstić information content (AvgIpc) is 3.79. The second-order valence-corrected chi connectivity index (χ2v) is 11.9. The molecule has 3 N–H and O–H groups in total. The van der Waals surface area contributed by atoms with Gasteiger partial charge in [0.05, 0.1) is 29.9 Å². The van der Waals surface area contributed by atoms with Crippen molar-refractivity contribution in [3.63, 3.8) is 0 Å². The van der Waals surface area contributed by atoms with Crippen molar-refractivity contribution in [2.45, 2.75) is 37.5 Å². The number of aliphatic hydroxyl groups excluding tert-OH is 1. The van der Waals surface area contributed by atoms with E-state index in [1.165, 1.54) is 0 Å². The van der Waals surface area contributed by atoms with E-state index in [-0.39, 0.29) is 18.1 Å². The lowest BCUT2D eigenvalue weighted by atomic mass is 10.0. The van der Waals surface area contributed by atoms with E-state index >= 15 is 0 Å². The molecular weight excluding hydrogens is 552 g/mol. The lowest BCUT2D eigenvalue weighted by molar-refractivity contribution is -0.130. The Hall–Kier alpha value is -3.94. The molecule has 0 saturated carbocycles. The van der Waals surface area contributed by atoms with Crippen LogP contribution in [0.5, 0.6) is 11.6 Å². The van der Waals surface area contributed by atoms with Crippen LogP contribution in [0, 0.1) is 0 Å². The fraction of sp³-hybridized carbons (Fsp3) is 0.533. The van der Waals surface area contributed by atoms with Crippen molar-refractivity contribution in [1.29, 1.82) is 0 Å². The third-order valence-corrected chi connectivity index (χ3v) is 9.08. The minimum Gasteiger partial charge on any atom is -0.507 e. The van der Waals surface area contributed by atoms with Gasteiger partial charge in [-0.3, -0.25) is 14.6 Å². The molecule has 7 rings (SSSR count). The number of anilines is 2. The maximum Gasteiger partial charge on any atom is 0.254 e. The second kappa shape index (κ2) is 12.0. The third kappa shape index (κ3) is 5.97. The first-order chi connectivity index (χ1) is 21.0. The molecule has 3 atom stereocenters. The number of carbonyl (C=O) groups is 1. The maximum atomic E-state index is 12.4. The Morgan fingerprint density at radius 2 is 1.95 bits per heavy atom. The van der Waals surface area contributed by atoms with Gasteiger partial charge in [-0.1, -0.05) is 12.1 Å². The molecule has 0 radical (unpaired) electrons. The summed E-state index contributed by atoms with van der Waals surface area (Å²) in [7, 11) is 0. The number of carbonyl (C=O) groups excluding carboxylic acids is 1. The molecule has 1 aromatic carbocycles. The van der Waals surface area contributed by atoms with Crippen molar-refractivity contribution in [3.05, 3.63) is 42.2 Å². The number of phenolic OH excluding ortho intramolecular Hbond substituents is 1. The molecule has 2 aromatic heterocycles. The predicted molar refractivity (Wildman–Crippen MR) is 158 cm³/mol. The molecule has 3 fully saturated rings. The number of hydrogen-bond acceptors (Lipinski definition) is 12. The number of aliphatic hydroxyl groups is 1. The molecule has 1 amide bonds. The normalized spacial score (nSPS) is 24.1. The molecule has 43 heavy (non-hydrogen) atoms. The number of rotatable bonds is 8. The lowest BCUT2D eigenvalue weighted by Gasteiger charge is -2.47. The first kappa shape index (κ1) is 27.9. The first-order valence-electron chi connectivity index (χ1n) is 15.2. The SMILES string of the molecule is O=C(Cc1cc(OCCN2CCC(N3CCN4c5cc(-c6ccccc6O)nnc5NCC4C3)C2)no1)N1CCC(O)C1. The van der Waals surface area contributed by atoms with E-state index < -0.39 is 6.10 Å². The van der Waals surface area contributed by atoms with Crippen LogP contribution in [0.4, 0.5) is 11.5 Å². The van der Waals surface area contributed by atoms with Gasteiger partial charge >= 0.3 is 0 Å². The summed E-state index contributed by atoms with van der Waals surface area (Å²) in [5, 5.41) is 36.2. The highest BCUT2D eigenvalue weighted by Gasteiger charge is 2.37. The van der Waals surface area contributed by atoms with Crippen LogP contribution in [0.2, 0.25) is 0 Å². The Labute approximate surface area is 250 Å². The van der Waals surface area contributed by atoms with Crippen LogP contribution in [0.25, 0.3) is 11.3 Å². The van der Waals surface area contributed by atoms with Gasteiger partial charge in [-0.2, -0.15) is 0 Å². The van der Waals surface area contributed by atoms with Crippen LogP contribution >= 0.6 is 0 Å². The first-order valence-corrected chi connectivity index (χ1v) is 15.2. The highest BCUT2D eigenvalue weighted by molar-refractivity contribution is 5.78. The van der Waals surface area contributed by atoms with Gasteiger partial charge in [-0.05, 0) is 42.7 Å². The van der Waals surface area contributed by atoms with Crippen LogP contribution in [-0.2, 0) is 11.2 Å². The summed E-state index contributed by atoms with van der Waals surface area (Å²) < 4.78 is 11.1. The Balaban J connectivity index is 0.881. The summed E-state index contributed by atoms with van der Waals surface area (Å²) >= 11 is 0. The van der Waals surface area contributed by atoms with Gasteiger partial charge < -0.3 is 34.6 Å². The summed E-state index contributed by atoms with van der Waals surface area (Å²) in [4.78, 5) is 21.5. The largest absolute Gasteiger partial charge is 0.507 e. The number of para-hydroxylation sites is 1. The molecule has 0 aliphatic carbocycles. The van der Waals surface area contributed by atoms with Gasteiger partial charge in [0.15, 0.2) is 5.82 Å². The number of aromatic nitrogens is 3. The zero-order chi connectivity index (χ0) is 29.3. The van der Waals surface area contributed by atoms with E-state index in [0.717, 1.165) is 63.7 Å².